The highest BCUT2D eigenvalue weighted by atomic mass is 16.5. The number of nitrogens with zero attached hydrogens (tertiary/aromatic N) is 1. The van der Waals surface area contributed by atoms with Gasteiger partial charge in [0, 0.05) is 18.8 Å². The highest BCUT2D eigenvalue weighted by molar-refractivity contribution is 6.04. The Balaban J connectivity index is 1.44. The maximum atomic E-state index is 13.0. The average molecular weight is 418 g/mol. The molecule has 2 amide bonds. The van der Waals surface area contributed by atoms with Gasteiger partial charge < -0.3 is 19.4 Å². The molecule has 31 heavy (non-hydrogen) atoms. The first kappa shape index (κ1) is 20.9. The summed E-state index contributed by atoms with van der Waals surface area (Å²) >= 11 is 0. The number of furan rings is 1. The SMILES string of the molecule is O=C(Cc1ccc(N(Cc2ccccc2)C(=O)c2ccco2)cc1)NCC1CCCO1. The van der Waals surface area contributed by atoms with Gasteiger partial charge in [0.15, 0.2) is 5.76 Å². The van der Waals surface area contributed by atoms with Crippen molar-refractivity contribution in [3.8, 4) is 0 Å². The smallest absolute Gasteiger partial charge is 0.294 e. The largest absolute Gasteiger partial charge is 0.459 e. The molecule has 0 aliphatic carbocycles. The van der Waals surface area contributed by atoms with Crippen molar-refractivity contribution in [1.29, 1.82) is 0 Å². The second-order valence-electron chi connectivity index (χ2n) is 7.64. The summed E-state index contributed by atoms with van der Waals surface area (Å²) in [5.41, 5.74) is 2.65. The third-order valence-corrected chi connectivity index (χ3v) is 5.32. The van der Waals surface area contributed by atoms with E-state index in [1.807, 2.05) is 54.6 Å². The maximum absolute atomic E-state index is 13.0. The standard InChI is InChI=1S/C25H26N2O4/c28-24(26-17-22-8-4-14-30-22)16-19-10-12-21(13-11-19)27(18-20-6-2-1-3-7-20)25(29)23-9-5-15-31-23/h1-3,5-7,9-13,15,22H,4,8,14,16-18H2,(H,26,28). The van der Waals surface area contributed by atoms with Crippen LogP contribution in [0.3, 0.4) is 0 Å². The number of nitrogens with one attached hydrogen (secondary N) is 1. The molecule has 160 valence electrons. The predicted octanol–water partition coefficient (Wildman–Crippen LogP) is 3.96. The van der Waals surface area contributed by atoms with Crippen molar-refractivity contribution < 1.29 is 18.7 Å². The maximum Gasteiger partial charge on any atom is 0.294 e. The molecule has 1 aromatic heterocycles. The molecule has 2 heterocycles. The summed E-state index contributed by atoms with van der Waals surface area (Å²) in [6.45, 7) is 1.75. The Morgan fingerprint density at radius 3 is 2.45 bits per heavy atom. The Bertz CT molecular complexity index is 978. The summed E-state index contributed by atoms with van der Waals surface area (Å²) in [6.07, 6.45) is 3.96. The van der Waals surface area contributed by atoms with Gasteiger partial charge in [-0.2, -0.15) is 0 Å². The number of hydrogen-bond acceptors (Lipinski definition) is 4. The molecule has 0 saturated carbocycles. The molecular weight excluding hydrogens is 392 g/mol. The van der Waals surface area contributed by atoms with E-state index in [1.54, 1.807) is 17.0 Å². The molecule has 6 nitrogen and oxygen atoms in total. The van der Waals surface area contributed by atoms with Gasteiger partial charge in [-0.1, -0.05) is 42.5 Å². The second-order valence-corrected chi connectivity index (χ2v) is 7.64. The molecule has 1 unspecified atom stereocenters. The van der Waals surface area contributed by atoms with Gasteiger partial charge >= 0.3 is 0 Å². The number of hydrogen-bond donors (Lipinski definition) is 1. The van der Waals surface area contributed by atoms with Crippen LogP contribution in [0.1, 0.15) is 34.5 Å². The lowest BCUT2D eigenvalue weighted by Gasteiger charge is -2.22. The van der Waals surface area contributed by atoms with Crippen molar-refractivity contribution in [3.05, 3.63) is 89.9 Å². The van der Waals surface area contributed by atoms with Gasteiger partial charge in [-0.25, -0.2) is 0 Å². The van der Waals surface area contributed by atoms with Crippen LogP contribution in [-0.4, -0.2) is 31.1 Å². The van der Waals surface area contributed by atoms with E-state index in [4.69, 9.17) is 9.15 Å². The third-order valence-electron chi connectivity index (χ3n) is 5.32. The van der Waals surface area contributed by atoms with Crippen LogP contribution < -0.4 is 10.2 Å². The Morgan fingerprint density at radius 2 is 1.77 bits per heavy atom. The molecule has 1 fully saturated rings. The third kappa shape index (κ3) is 5.61. The van der Waals surface area contributed by atoms with Crippen molar-refractivity contribution >= 4 is 17.5 Å². The first-order valence-electron chi connectivity index (χ1n) is 10.6. The number of rotatable bonds is 8. The zero-order chi connectivity index (χ0) is 21.5. The molecule has 2 aromatic carbocycles. The van der Waals surface area contributed by atoms with Crippen LogP contribution in [0.15, 0.2) is 77.4 Å². The summed E-state index contributed by atoms with van der Waals surface area (Å²) in [6, 6.07) is 20.7. The predicted molar refractivity (Wildman–Crippen MR) is 118 cm³/mol. The van der Waals surface area contributed by atoms with E-state index < -0.39 is 0 Å². The highest BCUT2D eigenvalue weighted by Gasteiger charge is 2.21. The van der Waals surface area contributed by atoms with E-state index in [9.17, 15) is 9.59 Å². The minimum Gasteiger partial charge on any atom is -0.459 e. The van der Waals surface area contributed by atoms with Gasteiger partial charge in [0.25, 0.3) is 5.91 Å². The number of carbonyl (C=O) groups is 2. The molecular formula is C25H26N2O4. The molecule has 3 aromatic rings. The van der Waals surface area contributed by atoms with E-state index >= 15 is 0 Å². The van der Waals surface area contributed by atoms with Crippen LogP contribution in [0.4, 0.5) is 5.69 Å². The summed E-state index contributed by atoms with van der Waals surface area (Å²) in [4.78, 5) is 27.0. The zero-order valence-corrected chi connectivity index (χ0v) is 17.3. The second kappa shape index (κ2) is 10.1. The fourth-order valence-electron chi connectivity index (χ4n) is 3.65. The van der Waals surface area contributed by atoms with Crippen LogP contribution in [-0.2, 0) is 22.5 Å². The van der Waals surface area contributed by atoms with Gasteiger partial charge in [-0.15, -0.1) is 0 Å². The summed E-state index contributed by atoms with van der Waals surface area (Å²) in [5, 5.41) is 2.94. The van der Waals surface area contributed by atoms with Crippen LogP contribution in [0.2, 0.25) is 0 Å². The van der Waals surface area contributed by atoms with Gasteiger partial charge in [0.05, 0.1) is 25.3 Å². The van der Waals surface area contributed by atoms with Gasteiger partial charge in [-0.05, 0) is 48.2 Å². The fourth-order valence-corrected chi connectivity index (χ4v) is 3.65. The van der Waals surface area contributed by atoms with Crippen molar-refractivity contribution in [2.75, 3.05) is 18.1 Å². The molecule has 6 heteroatoms. The van der Waals surface area contributed by atoms with Crippen molar-refractivity contribution in [2.45, 2.75) is 31.9 Å². The molecule has 1 saturated heterocycles. The topological polar surface area (TPSA) is 71.8 Å². The lowest BCUT2D eigenvalue weighted by atomic mass is 10.1. The molecule has 1 aliphatic heterocycles. The molecule has 1 N–H and O–H groups in total. The van der Waals surface area contributed by atoms with E-state index in [-0.39, 0.29) is 30.1 Å². The first-order valence-corrected chi connectivity index (χ1v) is 10.6. The van der Waals surface area contributed by atoms with Gasteiger partial charge in [0.2, 0.25) is 5.91 Å². The summed E-state index contributed by atoms with van der Waals surface area (Å²) in [5.74, 6) is 0.0421. The number of amides is 2. The molecule has 1 atom stereocenters. The van der Waals surface area contributed by atoms with Crippen molar-refractivity contribution in [3.63, 3.8) is 0 Å². The molecule has 0 spiro atoms. The lowest BCUT2D eigenvalue weighted by Crippen LogP contribution is -2.32. The van der Waals surface area contributed by atoms with Crippen molar-refractivity contribution in [2.24, 2.45) is 0 Å². The zero-order valence-electron chi connectivity index (χ0n) is 17.3. The number of anilines is 1. The number of carbonyl (C=O) groups excluding carboxylic acids is 2. The van der Waals surface area contributed by atoms with Gasteiger partial charge in [-0.3, -0.25) is 9.59 Å². The van der Waals surface area contributed by atoms with Crippen LogP contribution >= 0.6 is 0 Å². The highest BCUT2D eigenvalue weighted by Crippen LogP contribution is 2.22. The fraction of sp³-hybridized carbons (Fsp3) is 0.280. The molecule has 4 rings (SSSR count). The van der Waals surface area contributed by atoms with E-state index in [2.05, 4.69) is 5.32 Å². The summed E-state index contributed by atoms with van der Waals surface area (Å²) < 4.78 is 10.9. The minimum atomic E-state index is -0.212. The van der Waals surface area contributed by atoms with Crippen LogP contribution in [0.25, 0.3) is 0 Å². The van der Waals surface area contributed by atoms with Gasteiger partial charge in [0.1, 0.15) is 0 Å². The number of benzene rings is 2. The molecule has 0 radical (unpaired) electrons. The quantitative estimate of drug-likeness (QED) is 0.601. The molecule has 0 bridgehead atoms. The van der Waals surface area contributed by atoms with E-state index in [0.29, 0.717) is 13.1 Å². The Morgan fingerprint density at radius 1 is 0.968 bits per heavy atom. The number of ether oxygens (including phenoxy) is 1. The minimum absolute atomic E-state index is 0.0314. The van der Waals surface area contributed by atoms with E-state index in [0.717, 1.165) is 36.3 Å². The normalized spacial score (nSPS) is 15.5. The average Bonchev–Trinajstić information content (AvgIpc) is 3.51. The van der Waals surface area contributed by atoms with E-state index in [1.165, 1.54) is 6.26 Å². The molecule has 1 aliphatic rings. The summed E-state index contributed by atoms with van der Waals surface area (Å²) in [7, 11) is 0. The Labute approximate surface area is 181 Å². The first-order chi connectivity index (χ1) is 15.2. The van der Waals surface area contributed by atoms with Crippen LogP contribution in [0.5, 0.6) is 0 Å². The lowest BCUT2D eigenvalue weighted by molar-refractivity contribution is -0.120. The Kier molecular flexibility index (Phi) is 6.79. The van der Waals surface area contributed by atoms with Crippen LogP contribution in [0, 0.1) is 0 Å². The van der Waals surface area contributed by atoms with Crippen molar-refractivity contribution in [1.82, 2.24) is 5.32 Å². The monoisotopic (exact) mass is 418 g/mol. The Hall–Kier alpha value is -3.38.